The number of rotatable bonds is 22. The third-order valence-corrected chi connectivity index (χ3v) is 11.1. The zero-order valence-corrected chi connectivity index (χ0v) is 29.6. The van der Waals surface area contributed by atoms with E-state index in [2.05, 4.69) is 29.8 Å². The molecule has 0 bridgehead atoms. The summed E-state index contributed by atoms with van der Waals surface area (Å²) >= 11 is 0. The fourth-order valence-electron chi connectivity index (χ4n) is 5.04. The number of benzene rings is 2. The smallest absolute Gasteiger partial charge is 0.244 e. The lowest BCUT2D eigenvalue weighted by Crippen LogP contribution is -2.47. The van der Waals surface area contributed by atoms with Crippen LogP contribution in [0.5, 0.6) is 0 Å². The lowest BCUT2D eigenvalue weighted by atomic mass is 9.91. The molecule has 1 unspecified atom stereocenters. The van der Waals surface area contributed by atoms with E-state index in [1.54, 1.807) is 30.4 Å². The van der Waals surface area contributed by atoms with E-state index in [1.807, 2.05) is 13.8 Å². The average molecular weight is 723 g/mol. The highest BCUT2D eigenvalue weighted by Crippen LogP contribution is 2.24. The first-order valence-electron chi connectivity index (χ1n) is 15.9. The summed E-state index contributed by atoms with van der Waals surface area (Å²) in [5.74, 6) is -3.38. The molecule has 0 aromatic heterocycles. The number of aliphatic hydroxyl groups excluding tert-OH is 1. The van der Waals surface area contributed by atoms with Crippen molar-refractivity contribution >= 4 is 31.6 Å². The number of hydrogen-bond acceptors (Lipinski definition) is 7. The molecular weight excluding hydrogens is 675 g/mol. The van der Waals surface area contributed by atoms with Crippen molar-refractivity contribution in [3.8, 4) is 0 Å². The normalized spacial score (nSPS) is 14.2. The number of anilines is 1. The number of allylic oxidation sites excluding steroid dienone is 4. The predicted molar refractivity (Wildman–Crippen MR) is 189 cm³/mol. The van der Waals surface area contributed by atoms with Crippen LogP contribution in [0.4, 0.5) is 14.5 Å². The van der Waals surface area contributed by atoms with Crippen molar-refractivity contribution < 1.29 is 35.5 Å². The van der Waals surface area contributed by atoms with Crippen LogP contribution in [0.1, 0.15) is 39.5 Å². The molecular formula is C35H48F2N4O6S2. The summed E-state index contributed by atoms with van der Waals surface area (Å²) in [6.45, 7) is 14.9. The van der Waals surface area contributed by atoms with E-state index in [-0.39, 0.29) is 48.6 Å². The van der Waals surface area contributed by atoms with Gasteiger partial charge in [-0.2, -0.15) is 9.03 Å². The minimum Gasteiger partial charge on any atom is -0.399 e. The van der Waals surface area contributed by atoms with Gasteiger partial charge in [0.1, 0.15) is 22.6 Å². The average Bonchev–Trinajstić information content (AvgIpc) is 3.04. The number of nitrogens with one attached hydrogen (secondary N) is 2. The SMILES string of the molecule is C=CC(C=C)C(C=C)/C=C/C[C@H](NS(=O)(=O)c1ccc(F)cc1F)C(=O)NCCCC[C@@H](CO)N(CC(C)C)S(=O)(=O)c1ccc(N)cc1. The van der Waals surface area contributed by atoms with E-state index < -0.39 is 61.2 Å². The molecule has 270 valence electrons. The second-order valence-corrected chi connectivity index (χ2v) is 15.5. The largest absolute Gasteiger partial charge is 0.399 e. The number of hydrogen-bond donors (Lipinski definition) is 4. The molecule has 0 heterocycles. The molecule has 0 aliphatic heterocycles. The number of aliphatic hydroxyl groups is 1. The standard InChI is InChI=1S/C35H48F2N4O6S2/c1-6-26(7-2)27(8-3)12-11-14-33(40-48(44,45)34-20-15-28(36)22-32(34)37)35(43)39-21-10-9-13-30(24-42)41(23-25(4)5)49(46,47)31-18-16-29(38)17-19-31/h6-8,11-12,15-20,22,25-27,30,33,40,42H,1-3,9-10,13-14,21,23-24,38H2,4-5H3,(H,39,43)/b12-11+/t27?,30-,33-/m0/s1. The molecule has 0 spiro atoms. The maximum absolute atomic E-state index is 14.4. The zero-order chi connectivity index (χ0) is 36.8. The number of carbonyl (C=O) groups excluding carboxylic acids is 1. The highest BCUT2D eigenvalue weighted by atomic mass is 32.2. The first kappa shape index (κ1) is 41.5. The number of unbranched alkanes of at least 4 members (excludes halogenated alkanes) is 1. The summed E-state index contributed by atoms with van der Waals surface area (Å²) < 4.78 is 84.5. The van der Waals surface area contributed by atoms with E-state index in [4.69, 9.17) is 5.73 Å². The number of nitrogens with two attached hydrogens (primary N) is 1. The van der Waals surface area contributed by atoms with Crippen molar-refractivity contribution in [3.63, 3.8) is 0 Å². The van der Waals surface area contributed by atoms with Gasteiger partial charge in [-0.25, -0.2) is 25.6 Å². The van der Waals surface area contributed by atoms with E-state index in [0.717, 1.165) is 12.1 Å². The molecule has 0 radical (unpaired) electrons. The van der Waals surface area contributed by atoms with Gasteiger partial charge in [0.05, 0.1) is 11.5 Å². The molecule has 0 saturated carbocycles. The Morgan fingerprint density at radius 3 is 2.16 bits per heavy atom. The lowest BCUT2D eigenvalue weighted by Gasteiger charge is -2.31. The van der Waals surface area contributed by atoms with Crippen molar-refractivity contribution in [2.24, 2.45) is 17.8 Å². The Hall–Kier alpha value is -3.69. The van der Waals surface area contributed by atoms with Crippen LogP contribution in [0, 0.1) is 29.4 Å². The van der Waals surface area contributed by atoms with Crippen LogP contribution in [0.25, 0.3) is 0 Å². The van der Waals surface area contributed by atoms with E-state index in [0.29, 0.717) is 24.6 Å². The molecule has 5 N–H and O–H groups in total. The quantitative estimate of drug-likeness (QED) is 0.0763. The number of sulfonamides is 2. The number of amides is 1. The molecule has 2 rings (SSSR count). The van der Waals surface area contributed by atoms with Gasteiger partial charge in [0.2, 0.25) is 26.0 Å². The molecule has 2 aromatic carbocycles. The Balaban J connectivity index is 2.16. The molecule has 0 fully saturated rings. The molecule has 3 atom stereocenters. The van der Waals surface area contributed by atoms with Crippen molar-refractivity contribution in [1.82, 2.24) is 14.3 Å². The minimum absolute atomic E-state index is 0.0313. The van der Waals surface area contributed by atoms with Gasteiger partial charge in [-0.1, -0.05) is 50.6 Å². The third-order valence-electron chi connectivity index (χ3n) is 7.70. The molecule has 0 saturated heterocycles. The van der Waals surface area contributed by atoms with Crippen LogP contribution >= 0.6 is 0 Å². The Labute approximate surface area is 289 Å². The molecule has 0 aliphatic carbocycles. The Morgan fingerprint density at radius 2 is 1.61 bits per heavy atom. The summed E-state index contributed by atoms with van der Waals surface area (Å²) in [4.78, 5) is 12.5. The summed E-state index contributed by atoms with van der Waals surface area (Å²) in [7, 11) is -8.53. The van der Waals surface area contributed by atoms with Gasteiger partial charge < -0.3 is 16.2 Å². The summed E-state index contributed by atoms with van der Waals surface area (Å²) in [5, 5.41) is 12.9. The molecule has 49 heavy (non-hydrogen) atoms. The van der Waals surface area contributed by atoms with Crippen molar-refractivity contribution in [1.29, 1.82) is 0 Å². The fourth-order valence-corrected chi connectivity index (χ4v) is 8.12. The number of nitrogen functional groups attached to an aromatic ring is 1. The second-order valence-electron chi connectivity index (χ2n) is 11.9. The summed E-state index contributed by atoms with van der Waals surface area (Å²) in [6, 6.07) is 5.74. The summed E-state index contributed by atoms with van der Waals surface area (Å²) in [6.07, 6.45) is 9.28. The fraction of sp³-hybridized carbons (Fsp3) is 0.400. The molecule has 10 nitrogen and oxygen atoms in total. The van der Waals surface area contributed by atoms with Gasteiger partial charge in [-0.3, -0.25) is 4.79 Å². The zero-order valence-electron chi connectivity index (χ0n) is 28.0. The van der Waals surface area contributed by atoms with Gasteiger partial charge in [0, 0.05) is 42.7 Å². The van der Waals surface area contributed by atoms with Crippen LogP contribution in [0.3, 0.4) is 0 Å². The van der Waals surface area contributed by atoms with Crippen molar-refractivity contribution in [2.75, 3.05) is 25.4 Å². The number of halogens is 2. The topological polar surface area (TPSA) is 159 Å². The van der Waals surface area contributed by atoms with Crippen molar-refractivity contribution in [3.05, 3.63) is 104 Å². The van der Waals surface area contributed by atoms with Gasteiger partial charge in [-0.05, 0) is 61.6 Å². The number of nitrogens with zero attached hydrogens (tertiary/aromatic N) is 1. The van der Waals surface area contributed by atoms with E-state index in [1.165, 1.54) is 28.6 Å². The van der Waals surface area contributed by atoms with Crippen LogP contribution < -0.4 is 15.8 Å². The lowest BCUT2D eigenvalue weighted by molar-refractivity contribution is -0.122. The highest BCUT2D eigenvalue weighted by molar-refractivity contribution is 7.89. The Kier molecular flexibility index (Phi) is 16.5. The van der Waals surface area contributed by atoms with E-state index >= 15 is 0 Å². The summed E-state index contributed by atoms with van der Waals surface area (Å²) in [5.41, 5.74) is 6.14. The third kappa shape index (κ3) is 12.3. The highest BCUT2D eigenvalue weighted by Gasteiger charge is 2.32. The number of carbonyl (C=O) groups is 1. The van der Waals surface area contributed by atoms with Crippen LogP contribution in [-0.4, -0.2) is 63.9 Å². The molecule has 0 aliphatic rings. The maximum atomic E-state index is 14.4. The van der Waals surface area contributed by atoms with Gasteiger partial charge in [0.25, 0.3) is 0 Å². The maximum Gasteiger partial charge on any atom is 0.244 e. The molecule has 2 aromatic rings. The monoisotopic (exact) mass is 722 g/mol. The van der Waals surface area contributed by atoms with Gasteiger partial charge in [0.15, 0.2) is 0 Å². The van der Waals surface area contributed by atoms with Gasteiger partial charge in [-0.15, -0.1) is 19.7 Å². The minimum atomic E-state index is -4.58. The Bertz CT molecular complexity index is 1660. The van der Waals surface area contributed by atoms with Crippen LogP contribution in [-0.2, 0) is 24.8 Å². The Morgan fingerprint density at radius 1 is 0.980 bits per heavy atom. The first-order chi connectivity index (χ1) is 23.1. The first-order valence-corrected chi connectivity index (χ1v) is 18.8. The van der Waals surface area contributed by atoms with Crippen molar-refractivity contribution in [2.45, 2.75) is 61.4 Å². The van der Waals surface area contributed by atoms with Crippen LogP contribution in [0.2, 0.25) is 0 Å². The van der Waals surface area contributed by atoms with E-state index in [9.17, 15) is 35.5 Å². The second kappa shape index (κ2) is 19.5. The van der Waals surface area contributed by atoms with Crippen LogP contribution in [0.15, 0.2) is 102 Å². The molecule has 14 heteroatoms. The van der Waals surface area contributed by atoms with Gasteiger partial charge >= 0.3 is 0 Å². The predicted octanol–water partition coefficient (Wildman–Crippen LogP) is 4.92. The molecule has 1 amide bonds.